The molecular formula is C26H35N3O. The van der Waals surface area contributed by atoms with E-state index in [1.165, 1.54) is 38.0 Å². The van der Waals surface area contributed by atoms with Crippen molar-refractivity contribution in [2.24, 2.45) is 11.8 Å². The summed E-state index contributed by atoms with van der Waals surface area (Å²) in [4.78, 5) is 4.98. The molecule has 1 saturated carbocycles. The van der Waals surface area contributed by atoms with E-state index in [-0.39, 0.29) is 0 Å². The van der Waals surface area contributed by atoms with Crippen LogP contribution in [0.1, 0.15) is 30.7 Å². The van der Waals surface area contributed by atoms with Gasteiger partial charge in [0.15, 0.2) is 0 Å². The molecule has 1 unspecified atom stereocenters. The fourth-order valence-electron chi connectivity index (χ4n) is 5.14. The van der Waals surface area contributed by atoms with Gasteiger partial charge in [-0.2, -0.15) is 0 Å². The lowest BCUT2D eigenvalue weighted by Crippen LogP contribution is -2.48. The Bertz CT molecular complexity index is 782. The molecular weight excluding hydrogens is 370 g/mol. The van der Waals surface area contributed by atoms with Crippen molar-refractivity contribution in [3.05, 3.63) is 60.2 Å². The van der Waals surface area contributed by atoms with Gasteiger partial charge in [0.05, 0.1) is 0 Å². The van der Waals surface area contributed by atoms with Crippen molar-refractivity contribution in [3.8, 4) is 5.75 Å². The van der Waals surface area contributed by atoms with Gasteiger partial charge < -0.3 is 15.0 Å². The zero-order valence-electron chi connectivity index (χ0n) is 18.0. The second-order valence-electron chi connectivity index (χ2n) is 9.30. The van der Waals surface area contributed by atoms with Crippen molar-refractivity contribution in [3.63, 3.8) is 0 Å². The minimum atomic E-state index is 0.790. The number of hydrogen-bond donors (Lipinski definition) is 1. The van der Waals surface area contributed by atoms with E-state index in [1.807, 2.05) is 0 Å². The number of rotatable bonds is 9. The lowest BCUT2D eigenvalue weighted by atomic mass is 9.93. The van der Waals surface area contributed by atoms with Crippen molar-refractivity contribution in [1.82, 2.24) is 10.2 Å². The molecule has 3 fully saturated rings. The Kier molecular flexibility index (Phi) is 6.24. The summed E-state index contributed by atoms with van der Waals surface area (Å²) in [5.41, 5.74) is 2.86. The quantitative estimate of drug-likeness (QED) is 0.683. The average Bonchev–Trinajstić information content (AvgIpc) is 3.56. The molecule has 0 spiro atoms. The molecule has 2 aliphatic heterocycles. The van der Waals surface area contributed by atoms with Crippen LogP contribution >= 0.6 is 0 Å². The van der Waals surface area contributed by atoms with Crippen LogP contribution in [0.5, 0.6) is 5.75 Å². The number of piperazine rings is 1. The van der Waals surface area contributed by atoms with Gasteiger partial charge in [-0.05, 0) is 66.8 Å². The Morgan fingerprint density at radius 1 is 0.900 bits per heavy atom. The molecule has 3 aliphatic rings. The second-order valence-corrected chi connectivity index (χ2v) is 9.30. The molecule has 4 heteroatoms. The highest BCUT2D eigenvalue weighted by Gasteiger charge is 2.38. The monoisotopic (exact) mass is 405 g/mol. The summed E-state index contributed by atoms with van der Waals surface area (Å²) >= 11 is 0. The first-order valence-electron chi connectivity index (χ1n) is 11.8. The second kappa shape index (κ2) is 9.40. The molecule has 0 aromatic heterocycles. The van der Waals surface area contributed by atoms with Crippen LogP contribution in [0, 0.1) is 11.8 Å². The van der Waals surface area contributed by atoms with Gasteiger partial charge >= 0.3 is 0 Å². The number of anilines is 1. The van der Waals surface area contributed by atoms with Crippen LogP contribution in [0.2, 0.25) is 0 Å². The maximum atomic E-state index is 5.99. The summed E-state index contributed by atoms with van der Waals surface area (Å²) in [6.07, 6.45) is 4.22. The molecule has 2 aromatic carbocycles. The standard InChI is InChI=1S/C26H35N3O/c1-2-4-22(5-3-1)26-18-23(26)7-6-21-19-28(20-21)16-17-30-25-10-8-24(9-11-25)29-14-12-27-13-15-29/h1-5,8-11,21,23,26-27H,6-7,12-20H2/t23-,26?/m1/s1. The van der Waals surface area contributed by atoms with E-state index >= 15 is 0 Å². The van der Waals surface area contributed by atoms with Crippen LogP contribution in [0.4, 0.5) is 5.69 Å². The van der Waals surface area contributed by atoms with Crippen LogP contribution in [-0.2, 0) is 0 Å². The maximum Gasteiger partial charge on any atom is 0.119 e. The van der Waals surface area contributed by atoms with Gasteiger partial charge in [0, 0.05) is 51.5 Å². The average molecular weight is 406 g/mol. The van der Waals surface area contributed by atoms with Gasteiger partial charge in [-0.3, -0.25) is 4.90 Å². The van der Waals surface area contributed by atoms with Gasteiger partial charge in [0.2, 0.25) is 0 Å². The molecule has 2 saturated heterocycles. The number of ether oxygens (including phenoxy) is 1. The number of nitrogens with one attached hydrogen (secondary N) is 1. The Hall–Kier alpha value is -2.04. The molecule has 0 radical (unpaired) electrons. The summed E-state index contributed by atoms with van der Waals surface area (Å²) < 4.78 is 5.99. The molecule has 2 aromatic rings. The fraction of sp³-hybridized carbons (Fsp3) is 0.538. The van der Waals surface area contributed by atoms with Crippen LogP contribution in [0.3, 0.4) is 0 Å². The largest absolute Gasteiger partial charge is 0.492 e. The van der Waals surface area contributed by atoms with E-state index < -0.39 is 0 Å². The molecule has 4 nitrogen and oxygen atoms in total. The normalized spacial score (nSPS) is 24.5. The van der Waals surface area contributed by atoms with E-state index in [0.29, 0.717) is 0 Å². The van der Waals surface area contributed by atoms with Gasteiger partial charge in [-0.1, -0.05) is 30.3 Å². The Balaban J connectivity index is 0.946. The summed E-state index contributed by atoms with van der Waals surface area (Å²) in [6.45, 7) is 8.67. The summed E-state index contributed by atoms with van der Waals surface area (Å²) in [5.74, 6) is 3.68. The van der Waals surface area contributed by atoms with Gasteiger partial charge in [-0.15, -0.1) is 0 Å². The van der Waals surface area contributed by atoms with Crippen molar-refractivity contribution < 1.29 is 4.74 Å². The number of benzene rings is 2. The molecule has 1 N–H and O–H groups in total. The van der Waals surface area contributed by atoms with Crippen LogP contribution in [0.25, 0.3) is 0 Å². The smallest absolute Gasteiger partial charge is 0.119 e. The van der Waals surface area contributed by atoms with E-state index in [9.17, 15) is 0 Å². The van der Waals surface area contributed by atoms with Crippen LogP contribution < -0.4 is 15.0 Å². The van der Waals surface area contributed by atoms with E-state index in [4.69, 9.17) is 4.74 Å². The van der Waals surface area contributed by atoms with Crippen LogP contribution in [0.15, 0.2) is 54.6 Å². The first-order valence-corrected chi connectivity index (χ1v) is 11.8. The minimum Gasteiger partial charge on any atom is -0.492 e. The number of hydrogen-bond acceptors (Lipinski definition) is 4. The van der Waals surface area contributed by atoms with Crippen molar-refractivity contribution in [2.75, 3.05) is 57.3 Å². The third kappa shape index (κ3) is 4.98. The summed E-state index contributed by atoms with van der Waals surface area (Å²) in [6, 6.07) is 19.7. The highest BCUT2D eigenvalue weighted by atomic mass is 16.5. The van der Waals surface area contributed by atoms with E-state index in [1.54, 1.807) is 5.56 Å². The van der Waals surface area contributed by atoms with Crippen molar-refractivity contribution in [2.45, 2.75) is 25.2 Å². The predicted octanol–water partition coefficient (Wildman–Crippen LogP) is 3.99. The lowest BCUT2D eigenvalue weighted by molar-refractivity contribution is 0.0754. The molecule has 0 amide bonds. The fourth-order valence-corrected chi connectivity index (χ4v) is 5.14. The van der Waals surface area contributed by atoms with Gasteiger partial charge in [-0.25, -0.2) is 0 Å². The van der Waals surface area contributed by atoms with Crippen molar-refractivity contribution >= 4 is 5.69 Å². The molecule has 160 valence electrons. The zero-order valence-corrected chi connectivity index (χ0v) is 18.0. The minimum absolute atomic E-state index is 0.790. The highest BCUT2D eigenvalue weighted by Crippen LogP contribution is 2.50. The highest BCUT2D eigenvalue weighted by molar-refractivity contribution is 5.49. The molecule has 0 bridgehead atoms. The molecule has 1 aliphatic carbocycles. The van der Waals surface area contributed by atoms with Gasteiger partial charge in [0.25, 0.3) is 0 Å². The lowest BCUT2D eigenvalue weighted by Gasteiger charge is -2.39. The first kappa shape index (κ1) is 19.9. The maximum absolute atomic E-state index is 5.99. The van der Waals surface area contributed by atoms with E-state index in [0.717, 1.165) is 62.8 Å². The number of nitrogens with zero attached hydrogens (tertiary/aromatic N) is 2. The Morgan fingerprint density at radius 2 is 1.67 bits per heavy atom. The molecule has 2 atom stereocenters. The molecule has 5 rings (SSSR count). The number of likely N-dealkylation sites (tertiary alicyclic amines) is 1. The topological polar surface area (TPSA) is 27.7 Å². The van der Waals surface area contributed by atoms with Crippen LogP contribution in [-0.4, -0.2) is 57.3 Å². The third-order valence-corrected chi connectivity index (χ3v) is 7.12. The molecule has 30 heavy (non-hydrogen) atoms. The summed E-state index contributed by atoms with van der Waals surface area (Å²) in [7, 11) is 0. The van der Waals surface area contributed by atoms with Crippen molar-refractivity contribution in [1.29, 1.82) is 0 Å². The Morgan fingerprint density at radius 3 is 2.43 bits per heavy atom. The van der Waals surface area contributed by atoms with Gasteiger partial charge in [0.1, 0.15) is 12.4 Å². The predicted molar refractivity (Wildman–Crippen MR) is 123 cm³/mol. The Labute approximate surface area is 181 Å². The SMILES string of the molecule is c1ccc(C2C[C@H]2CCC2CN(CCOc3ccc(N4CCNCC4)cc3)C2)cc1. The third-order valence-electron chi connectivity index (χ3n) is 7.12. The first-order chi connectivity index (χ1) is 14.8. The zero-order chi connectivity index (χ0) is 20.2. The van der Waals surface area contributed by atoms with E-state index in [2.05, 4.69) is 69.7 Å². The molecule has 2 heterocycles. The summed E-state index contributed by atoms with van der Waals surface area (Å²) in [5, 5.41) is 3.40.